The van der Waals surface area contributed by atoms with Crippen molar-refractivity contribution in [2.24, 2.45) is 5.92 Å². The lowest BCUT2D eigenvalue weighted by atomic mass is 10.0. The van der Waals surface area contributed by atoms with Crippen LogP contribution in [0.3, 0.4) is 0 Å². The summed E-state index contributed by atoms with van der Waals surface area (Å²) in [5, 5.41) is 13.4. The topological polar surface area (TPSA) is 98.5 Å². The molecule has 1 atom stereocenters. The molecule has 0 saturated heterocycles. The van der Waals surface area contributed by atoms with E-state index in [4.69, 9.17) is 4.74 Å². The molecule has 0 fully saturated rings. The molecule has 1 unspecified atom stereocenters. The van der Waals surface area contributed by atoms with Gasteiger partial charge in [0.2, 0.25) is 0 Å². The van der Waals surface area contributed by atoms with E-state index in [2.05, 4.69) is 5.32 Å². The van der Waals surface area contributed by atoms with Crippen LogP contribution in [0.2, 0.25) is 0 Å². The first-order valence-electron chi connectivity index (χ1n) is 7.28. The number of carbonyl (C=O) groups is 2. The number of hydrogen-bond acceptors (Lipinski definition) is 5. The number of non-ortho nitro benzene ring substituents is 1. The standard InChI is InChI=1S/C16H22N2O5/c1-10(2)13(14(19)17-16(3,4)5)23-15(20)11-6-8-12(9-7-11)18(21)22/h6-10,13H,1-5H3,(H,17,19). The van der Waals surface area contributed by atoms with Gasteiger partial charge < -0.3 is 10.1 Å². The Morgan fingerprint density at radius 2 is 1.70 bits per heavy atom. The van der Waals surface area contributed by atoms with Crippen molar-refractivity contribution < 1.29 is 19.2 Å². The van der Waals surface area contributed by atoms with E-state index in [1.807, 2.05) is 20.8 Å². The highest BCUT2D eigenvalue weighted by molar-refractivity contribution is 5.92. The maximum Gasteiger partial charge on any atom is 0.338 e. The summed E-state index contributed by atoms with van der Waals surface area (Å²) < 4.78 is 5.29. The van der Waals surface area contributed by atoms with E-state index in [1.165, 1.54) is 24.3 Å². The largest absolute Gasteiger partial charge is 0.448 e. The average Bonchev–Trinajstić information content (AvgIpc) is 2.42. The number of rotatable bonds is 5. The zero-order chi connectivity index (χ0) is 17.8. The van der Waals surface area contributed by atoms with E-state index in [0.29, 0.717) is 0 Å². The molecule has 1 N–H and O–H groups in total. The molecule has 1 aromatic rings. The van der Waals surface area contributed by atoms with Crippen LogP contribution in [0, 0.1) is 16.0 Å². The molecule has 0 saturated carbocycles. The molecular weight excluding hydrogens is 300 g/mol. The summed E-state index contributed by atoms with van der Waals surface area (Å²) in [5.41, 5.74) is -0.401. The molecule has 1 rings (SSSR count). The van der Waals surface area contributed by atoms with E-state index >= 15 is 0 Å². The molecule has 0 aromatic heterocycles. The van der Waals surface area contributed by atoms with Crippen molar-refractivity contribution in [3.63, 3.8) is 0 Å². The summed E-state index contributed by atoms with van der Waals surface area (Å²) in [6, 6.07) is 5.05. The van der Waals surface area contributed by atoms with Gasteiger partial charge in [-0.1, -0.05) is 13.8 Å². The van der Waals surface area contributed by atoms with Crippen molar-refractivity contribution in [2.75, 3.05) is 0 Å². The fourth-order valence-electron chi connectivity index (χ4n) is 1.84. The second kappa shape index (κ2) is 7.21. The monoisotopic (exact) mass is 322 g/mol. The molecule has 0 aliphatic rings. The number of amides is 1. The number of nitrogens with one attached hydrogen (secondary N) is 1. The van der Waals surface area contributed by atoms with Gasteiger partial charge >= 0.3 is 5.97 Å². The summed E-state index contributed by atoms with van der Waals surface area (Å²) in [6.45, 7) is 9.05. The molecule has 0 aliphatic carbocycles. The molecule has 1 amide bonds. The van der Waals surface area contributed by atoms with E-state index in [0.717, 1.165) is 0 Å². The Morgan fingerprint density at radius 1 is 1.17 bits per heavy atom. The van der Waals surface area contributed by atoms with E-state index in [1.54, 1.807) is 13.8 Å². The minimum atomic E-state index is -0.933. The van der Waals surface area contributed by atoms with Crippen molar-refractivity contribution >= 4 is 17.6 Å². The van der Waals surface area contributed by atoms with Crippen LogP contribution in [0.1, 0.15) is 45.0 Å². The second-order valence-electron chi connectivity index (χ2n) is 6.61. The van der Waals surface area contributed by atoms with Gasteiger partial charge in [0, 0.05) is 17.7 Å². The van der Waals surface area contributed by atoms with Crippen molar-refractivity contribution in [1.29, 1.82) is 0 Å². The zero-order valence-corrected chi connectivity index (χ0v) is 14.0. The van der Waals surface area contributed by atoms with Crippen LogP contribution in [0.25, 0.3) is 0 Å². The highest BCUT2D eigenvalue weighted by atomic mass is 16.6. The number of carbonyl (C=O) groups excluding carboxylic acids is 2. The predicted molar refractivity (Wildman–Crippen MR) is 85.0 cm³/mol. The van der Waals surface area contributed by atoms with Gasteiger partial charge in [-0.05, 0) is 38.8 Å². The molecule has 7 heteroatoms. The number of nitro benzene ring substituents is 1. The summed E-state index contributed by atoms with van der Waals surface area (Å²) in [6.07, 6.45) is -0.933. The average molecular weight is 322 g/mol. The van der Waals surface area contributed by atoms with Gasteiger partial charge in [-0.15, -0.1) is 0 Å². The number of nitro groups is 1. The van der Waals surface area contributed by atoms with Gasteiger partial charge in [0.05, 0.1) is 10.5 Å². The molecule has 126 valence electrons. The highest BCUT2D eigenvalue weighted by Gasteiger charge is 2.29. The minimum absolute atomic E-state index is 0.118. The maximum atomic E-state index is 12.2. The van der Waals surface area contributed by atoms with Crippen molar-refractivity contribution in [3.8, 4) is 0 Å². The molecule has 7 nitrogen and oxygen atoms in total. The normalized spacial score (nSPS) is 12.6. The third kappa shape index (κ3) is 5.69. The van der Waals surface area contributed by atoms with Crippen LogP contribution in [0.5, 0.6) is 0 Å². The number of benzene rings is 1. The maximum absolute atomic E-state index is 12.2. The quantitative estimate of drug-likeness (QED) is 0.510. The molecular formula is C16H22N2O5. The van der Waals surface area contributed by atoms with E-state index < -0.39 is 22.5 Å². The first-order chi connectivity index (χ1) is 10.5. The summed E-state index contributed by atoms with van der Waals surface area (Å²) in [5.74, 6) is -1.27. The Balaban J connectivity index is 2.85. The third-order valence-electron chi connectivity index (χ3n) is 2.91. The fourth-order valence-corrected chi connectivity index (χ4v) is 1.84. The van der Waals surface area contributed by atoms with Crippen molar-refractivity contribution in [3.05, 3.63) is 39.9 Å². The number of hydrogen-bond donors (Lipinski definition) is 1. The summed E-state index contributed by atoms with van der Waals surface area (Å²) >= 11 is 0. The third-order valence-corrected chi connectivity index (χ3v) is 2.91. The zero-order valence-electron chi connectivity index (χ0n) is 14.0. The highest BCUT2D eigenvalue weighted by Crippen LogP contribution is 2.16. The van der Waals surface area contributed by atoms with Gasteiger partial charge in [0.25, 0.3) is 11.6 Å². The van der Waals surface area contributed by atoms with Crippen molar-refractivity contribution in [1.82, 2.24) is 5.32 Å². The predicted octanol–water partition coefficient (Wildman–Crippen LogP) is 2.69. The van der Waals surface area contributed by atoms with E-state index in [9.17, 15) is 19.7 Å². The second-order valence-corrected chi connectivity index (χ2v) is 6.61. The molecule has 0 bridgehead atoms. The Morgan fingerprint density at radius 3 is 2.09 bits per heavy atom. The van der Waals surface area contributed by atoms with E-state index in [-0.39, 0.29) is 23.1 Å². The molecule has 0 heterocycles. The first-order valence-corrected chi connectivity index (χ1v) is 7.28. The van der Waals surface area contributed by atoms with Crippen LogP contribution in [-0.4, -0.2) is 28.4 Å². The van der Waals surface area contributed by atoms with Crippen LogP contribution >= 0.6 is 0 Å². The van der Waals surface area contributed by atoms with Gasteiger partial charge in [-0.3, -0.25) is 14.9 Å². The molecule has 0 aliphatic heterocycles. The van der Waals surface area contributed by atoms with Gasteiger partial charge in [0.15, 0.2) is 6.10 Å². The SMILES string of the molecule is CC(C)C(OC(=O)c1ccc([N+](=O)[O-])cc1)C(=O)NC(C)(C)C. The van der Waals surface area contributed by atoms with Crippen LogP contribution in [-0.2, 0) is 9.53 Å². The molecule has 1 aromatic carbocycles. The fraction of sp³-hybridized carbons (Fsp3) is 0.500. The Labute approximate surface area is 135 Å². The van der Waals surface area contributed by atoms with Gasteiger partial charge in [0.1, 0.15) is 0 Å². The van der Waals surface area contributed by atoms with Crippen LogP contribution < -0.4 is 5.32 Å². The Hall–Kier alpha value is -2.44. The minimum Gasteiger partial charge on any atom is -0.448 e. The number of ether oxygens (including phenoxy) is 1. The summed E-state index contributed by atoms with van der Waals surface area (Å²) in [7, 11) is 0. The van der Waals surface area contributed by atoms with Gasteiger partial charge in [-0.2, -0.15) is 0 Å². The molecule has 23 heavy (non-hydrogen) atoms. The lowest BCUT2D eigenvalue weighted by Gasteiger charge is -2.26. The Bertz CT molecular complexity index is 587. The van der Waals surface area contributed by atoms with Crippen LogP contribution in [0.15, 0.2) is 24.3 Å². The van der Waals surface area contributed by atoms with Crippen molar-refractivity contribution in [2.45, 2.75) is 46.3 Å². The van der Waals surface area contributed by atoms with Crippen LogP contribution in [0.4, 0.5) is 5.69 Å². The lowest BCUT2D eigenvalue weighted by molar-refractivity contribution is -0.384. The molecule has 0 radical (unpaired) electrons. The Kier molecular flexibility index (Phi) is 5.84. The number of nitrogens with zero attached hydrogens (tertiary/aromatic N) is 1. The summed E-state index contributed by atoms with van der Waals surface area (Å²) in [4.78, 5) is 34.4. The van der Waals surface area contributed by atoms with Gasteiger partial charge in [-0.25, -0.2) is 4.79 Å². The molecule has 0 spiro atoms. The first kappa shape index (κ1) is 18.6. The number of esters is 1. The lowest BCUT2D eigenvalue weighted by Crippen LogP contribution is -2.48. The smallest absolute Gasteiger partial charge is 0.338 e.